The lowest BCUT2D eigenvalue weighted by atomic mass is 10.1. The molecule has 1 atom stereocenters. The van der Waals surface area contributed by atoms with Crippen molar-refractivity contribution in [3.8, 4) is 35.0 Å². The summed E-state index contributed by atoms with van der Waals surface area (Å²) < 4.78 is 12.4. The van der Waals surface area contributed by atoms with Crippen LogP contribution in [-0.2, 0) is 4.79 Å². The molecule has 0 radical (unpaired) electrons. The zero-order chi connectivity index (χ0) is 26.3. The van der Waals surface area contributed by atoms with Crippen molar-refractivity contribution in [2.45, 2.75) is 25.5 Å². The maximum atomic E-state index is 13.2. The standard InChI is InChI=1S/C25H20N6O5S/c1-25(2,34)7-6-14-4-5-21-19(8-14)30(3)23(33)18(12-35-21)27-22(32)17-11-31-20(13-37-24(31)28-17)16-9-15(10-26)36-29-16/h4-5,8-9,11,13,18,34H,12H2,1-3H3,(H,27,32)/t18-/m0/s1. The number of rotatable bonds is 3. The highest BCUT2D eigenvalue weighted by atomic mass is 32.1. The van der Waals surface area contributed by atoms with Crippen molar-refractivity contribution in [3.63, 3.8) is 0 Å². The molecule has 0 aliphatic carbocycles. The number of ether oxygens (including phenoxy) is 1. The molecule has 11 nitrogen and oxygen atoms in total. The minimum absolute atomic E-state index is 0.0695. The van der Waals surface area contributed by atoms with Gasteiger partial charge in [-0.15, -0.1) is 11.3 Å². The van der Waals surface area contributed by atoms with Gasteiger partial charge in [0.1, 0.15) is 41.5 Å². The van der Waals surface area contributed by atoms with Crippen LogP contribution in [0.3, 0.4) is 0 Å². The van der Waals surface area contributed by atoms with Gasteiger partial charge in [-0.3, -0.25) is 14.0 Å². The van der Waals surface area contributed by atoms with Crippen molar-refractivity contribution in [1.82, 2.24) is 19.9 Å². The normalized spacial score (nSPS) is 15.3. The van der Waals surface area contributed by atoms with E-state index in [1.807, 2.05) is 6.07 Å². The smallest absolute Gasteiger partial charge is 0.272 e. The van der Waals surface area contributed by atoms with E-state index < -0.39 is 17.6 Å². The number of likely N-dealkylation sites (N-methyl/N-ethyl adjacent to an activating group) is 1. The molecule has 1 aliphatic heterocycles. The predicted molar refractivity (Wildman–Crippen MR) is 133 cm³/mol. The second-order valence-corrected chi connectivity index (χ2v) is 9.65. The second-order valence-electron chi connectivity index (χ2n) is 8.81. The number of amides is 2. The average Bonchev–Trinajstić information content (AvgIpc) is 3.58. The molecule has 2 N–H and O–H groups in total. The Morgan fingerprint density at radius 1 is 1.35 bits per heavy atom. The average molecular weight is 517 g/mol. The highest BCUT2D eigenvalue weighted by molar-refractivity contribution is 7.15. The Labute approximate surface area is 214 Å². The summed E-state index contributed by atoms with van der Waals surface area (Å²) in [5.41, 5.74) is 1.11. The number of hydrogen-bond acceptors (Lipinski definition) is 9. The van der Waals surface area contributed by atoms with E-state index in [0.29, 0.717) is 33.3 Å². The molecule has 2 amide bonds. The van der Waals surface area contributed by atoms with E-state index in [9.17, 15) is 14.7 Å². The van der Waals surface area contributed by atoms with E-state index in [0.717, 1.165) is 0 Å². The summed E-state index contributed by atoms with van der Waals surface area (Å²) >= 11 is 1.29. The number of imidazole rings is 1. The number of carbonyl (C=O) groups is 2. The van der Waals surface area contributed by atoms with Crippen molar-refractivity contribution in [1.29, 1.82) is 5.26 Å². The van der Waals surface area contributed by atoms with Crippen LogP contribution in [-0.4, -0.2) is 56.8 Å². The summed E-state index contributed by atoms with van der Waals surface area (Å²) in [4.78, 5) is 32.5. The van der Waals surface area contributed by atoms with Gasteiger partial charge in [-0.1, -0.05) is 17.0 Å². The molecule has 186 valence electrons. The van der Waals surface area contributed by atoms with E-state index in [4.69, 9.17) is 14.5 Å². The zero-order valence-electron chi connectivity index (χ0n) is 20.0. The Kier molecular flexibility index (Phi) is 5.91. The van der Waals surface area contributed by atoms with E-state index in [-0.39, 0.29) is 24.0 Å². The first-order chi connectivity index (χ1) is 17.6. The van der Waals surface area contributed by atoms with Crippen LogP contribution in [0, 0.1) is 23.2 Å². The van der Waals surface area contributed by atoms with Crippen LogP contribution < -0.4 is 15.0 Å². The number of nitrogens with zero attached hydrogens (tertiary/aromatic N) is 5. The van der Waals surface area contributed by atoms with Crippen LogP contribution >= 0.6 is 11.3 Å². The summed E-state index contributed by atoms with van der Waals surface area (Å²) in [5, 5.41) is 27.2. The molecule has 0 spiro atoms. The minimum Gasteiger partial charge on any atom is -0.489 e. The molecule has 12 heteroatoms. The Bertz CT molecular complexity index is 1640. The van der Waals surface area contributed by atoms with E-state index in [1.54, 1.807) is 48.9 Å². The molecular formula is C25H20N6O5S. The summed E-state index contributed by atoms with van der Waals surface area (Å²) in [6.07, 6.45) is 1.53. The molecule has 0 fully saturated rings. The van der Waals surface area contributed by atoms with Gasteiger partial charge in [0.05, 0.1) is 11.4 Å². The van der Waals surface area contributed by atoms with Crippen LogP contribution in [0.2, 0.25) is 0 Å². The van der Waals surface area contributed by atoms with Crippen molar-refractivity contribution in [3.05, 3.63) is 52.9 Å². The molecule has 1 aliphatic rings. The van der Waals surface area contributed by atoms with Crippen molar-refractivity contribution in [2.24, 2.45) is 0 Å². The van der Waals surface area contributed by atoms with Crippen LogP contribution in [0.15, 0.2) is 40.4 Å². The molecule has 0 saturated carbocycles. The number of thiazole rings is 1. The Balaban J connectivity index is 1.35. The lowest BCUT2D eigenvalue weighted by molar-refractivity contribution is -0.120. The Hall–Kier alpha value is -4.65. The number of nitriles is 1. The SMILES string of the molecule is CN1C(=O)[C@@H](NC(=O)c2cn3c(-c4cc(C#N)on4)csc3n2)COc2ccc(C#CC(C)(C)O)cc21. The number of hydrogen-bond donors (Lipinski definition) is 2. The van der Waals surface area contributed by atoms with Gasteiger partial charge in [-0.2, -0.15) is 5.26 Å². The molecule has 5 rings (SSSR count). The fourth-order valence-corrected chi connectivity index (χ4v) is 4.53. The van der Waals surface area contributed by atoms with Crippen LogP contribution in [0.5, 0.6) is 5.75 Å². The van der Waals surface area contributed by atoms with Gasteiger partial charge in [0.25, 0.3) is 11.8 Å². The third-order valence-electron chi connectivity index (χ3n) is 5.50. The topological polar surface area (TPSA) is 146 Å². The second kappa shape index (κ2) is 9.09. The number of aliphatic hydroxyl groups is 1. The first-order valence-corrected chi connectivity index (χ1v) is 12.0. The molecule has 0 saturated heterocycles. The van der Waals surface area contributed by atoms with Crippen molar-refractivity contribution >= 4 is 33.8 Å². The maximum Gasteiger partial charge on any atom is 0.272 e. The van der Waals surface area contributed by atoms with Gasteiger partial charge in [-0.05, 0) is 32.0 Å². The summed E-state index contributed by atoms with van der Waals surface area (Å²) in [6.45, 7) is 3.10. The Morgan fingerprint density at radius 3 is 2.89 bits per heavy atom. The fraction of sp³-hybridized carbons (Fsp3) is 0.240. The van der Waals surface area contributed by atoms with E-state index >= 15 is 0 Å². The monoisotopic (exact) mass is 516 g/mol. The van der Waals surface area contributed by atoms with Gasteiger partial charge in [0.15, 0.2) is 4.96 Å². The fourth-order valence-electron chi connectivity index (χ4n) is 3.66. The number of aromatic nitrogens is 3. The molecule has 4 heterocycles. The molecule has 0 unspecified atom stereocenters. The van der Waals surface area contributed by atoms with Gasteiger partial charge < -0.3 is 24.6 Å². The number of nitrogens with one attached hydrogen (secondary N) is 1. The summed E-state index contributed by atoms with van der Waals surface area (Å²) in [5.74, 6) is 5.26. The van der Waals surface area contributed by atoms with Gasteiger partial charge in [-0.25, -0.2) is 4.98 Å². The first kappa shape index (κ1) is 24.1. The molecular weight excluding hydrogens is 496 g/mol. The van der Waals surface area contributed by atoms with Crippen LogP contribution in [0.4, 0.5) is 5.69 Å². The maximum absolute atomic E-state index is 13.2. The number of carbonyl (C=O) groups excluding carboxylic acids is 2. The predicted octanol–water partition coefficient (Wildman–Crippen LogP) is 2.20. The third kappa shape index (κ3) is 4.76. The Morgan fingerprint density at radius 2 is 2.16 bits per heavy atom. The van der Waals surface area contributed by atoms with Gasteiger partial charge >= 0.3 is 0 Å². The first-order valence-electron chi connectivity index (χ1n) is 11.1. The molecule has 3 aromatic heterocycles. The summed E-state index contributed by atoms with van der Waals surface area (Å²) in [6, 6.07) is 7.56. The van der Waals surface area contributed by atoms with Crippen molar-refractivity contribution in [2.75, 3.05) is 18.6 Å². The lowest BCUT2D eigenvalue weighted by Crippen LogP contribution is -2.49. The molecule has 37 heavy (non-hydrogen) atoms. The number of benzene rings is 1. The number of anilines is 1. The van der Waals surface area contributed by atoms with Gasteiger partial charge in [0.2, 0.25) is 5.76 Å². The lowest BCUT2D eigenvalue weighted by Gasteiger charge is -2.20. The third-order valence-corrected chi connectivity index (χ3v) is 6.34. The highest BCUT2D eigenvalue weighted by Crippen LogP contribution is 2.32. The highest BCUT2D eigenvalue weighted by Gasteiger charge is 2.31. The molecule has 0 bridgehead atoms. The number of fused-ring (bicyclic) bond motifs is 2. The van der Waals surface area contributed by atoms with Gasteiger partial charge in [0, 0.05) is 30.3 Å². The minimum atomic E-state index is -1.16. The molecule has 4 aromatic rings. The van der Waals surface area contributed by atoms with Crippen LogP contribution in [0.1, 0.15) is 35.7 Å². The van der Waals surface area contributed by atoms with E-state index in [1.165, 1.54) is 28.5 Å². The van der Waals surface area contributed by atoms with Crippen LogP contribution in [0.25, 0.3) is 16.3 Å². The molecule has 1 aromatic carbocycles. The quantitative estimate of drug-likeness (QED) is 0.394. The largest absolute Gasteiger partial charge is 0.489 e. The van der Waals surface area contributed by atoms with Crippen molar-refractivity contribution < 1.29 is 24.0 Å². The summed E-state index contributed by atoms with van der Waals surface area (Å²) in [7, 11) is 1.59. The van der Waals surface area contributed by atoms with E-state index in [2.05, 4.69) is 27.3 Å². The zero-order valence-corrected chi connectivity index (χ0v) is 20.8.